The second-order valence-electron chi connectivity index (χ2n) is 6.62. The number of hydrogen-bond donors (Lipinski definition) is 1. The van der Waals surface area contributed by atoms with Crippen molar-refractivity contribution in [2.75, 3.05) is 4.90 Å². The highest BCUT2D eigenvalue weighted by molar-refractivity contribution is 6.22. The first-order chi connectivity index (χ1) is 12.5. The van der Waals surface area contributed by atoms with E-state index in [4.69, 9.17) is 5.26 Å². The molecule has 0 radical (unpaired) electrons. The Morgan fingerprint density at radius 1 is 1.19 bits per heavy atom. The third-order valence-electron chi connectivity index (χ3n) is 4.97. The lowest BCUT2D eigenvalue weighted by Gasteiger charge is -2.19. The molecule has 1 heterocycles. The molecule has 1 N–H and O–H groups in total. The summed E-state index contributed by atoms with van der Waals surface area (Å²) < 4.78 is 0. The van der Waals surface area contributed by atoms with Crippen LogP contribution in [0.2, 0.25) is 0 Å². The molecule has 7 nitrogen and oxygen atoms in total. The number of anilines is 1. The van der Waals surface area contributed by atoms with Gasteiger partial charge in [0.25, 0.3) is 5.91 Å². The van der Waals surface area contributed by atoms with Crippen molar-refractivity contribution in [3.05, 3.63) is 29.8 Å². The molecule has 2 atom stereocenters. The summed E-state index contributed by atoms with van der Waals surface area (Å²) in [5.74, 6) is -1.01. The Balaban J connectivity index is 1.74. The van der Waals surface area contributed by atoms with E-state index in [1.807, 2.05) is 0 Å². The van der Waals surface area contributed by atoms with Crippen LogP contribution in [0.4, 0.5) is 5.69 Å². The van der Waals surface area contributed by atoms with E-state index in [0.29, 0.717) is 11.4 Å². The largest absolute Gasteiger partial charge is 0.274 e. The summed E-state index contributed by atoms with van der Waals surface area (Å²) in [5, 5.41) is 12.4. The maximum atomic E-state index is 12.6. The van der Waals surface area contributed by atoms with Gasteiger partial charge in [-0.2, -0.15) is 10.4 Å². The fraction of sp³-hybridized carbons (Fsp3) is 0.421. The molecule has 1 aliphatic heterocycles. The highest BCUT2D eigenvalue weighted by atomic mass is 16.2. The van der Waals surface area contributed by atoms with Crippen LogP contribution in [0.5, 0.6) is 0 Å². The van der Waals surface area contributed by atoms with E-state index in [2.05, 4.69) is 10.5 Å². The summed E-state index contributed by atoms with van der Waals surface area (Å²) in [4.78, 5) is 37.8. The van der Waals surface area contributed by atoms with Gasteiger partial charge in [-0.1, -0.05) is 25.0 Å². The molecule has 1 saturated carbocycles. The first kappa shape index (κ1) is 17.8. The zero-order valence-electron chi connectivity index (χ0n) is 14.6. The van der Waals surface area contributed by atoms with Crippen LogP contribution in [0, 0.1) is 23.2 Å². The second-order valence-corrected chi connectivity index (χ2v) is 6.62. The number of nitriles is 1. The molecule has 0 bridgehead atoms. The Bertz CT molecular complexity index is 783. The molecule has 7 heteroatoms. The quantitative estimate of drug-likeness (QED) is 0.509. The lowest BCUT2D eigenvalue weighted by atomic mass is 9.81. The van der Waals surface area contributed by atoms with Gasteiger partial charge in [-0.3, -0.25) is 19.3 Å². The molecule has 134 valence electrons. The number of amides is 3. The summed E-state index contributed by atoms with van der Waals surface area (Å²) in [6.07, 6.45) is 3.33. The smallest absolute Gasteiger partial charge is 0.254 e. The Kier molecular flexibility index (Phi) is 5.12. The first-order valence-electron chi connectivity index (χ1n) is 8.71. The number of benzene rings is 1. The molecular weight excluding hydrogens is 332 g/mol. The second kappa shape index (κ2) is 7.48. The molecule has 1 aromatic rings. The Labute approximate surface area is 151 Å². The van der Waals surface area contributed by atoms with Crippen molar-refractivity contribution < 1.29 is 14.4 Å². The number of hydrazone groups is 1. The van der Waals surface area contributed by atoms with Crippen molar-refractivity contribution in [2.24, 2.45) is 16.9 Å². The molecule has 2 unspecified atom stereocenters. The van der Waals surface area contributed by atoms with Crippen LogP contribution in [0.25, 0.3) is 0 Å². The number of nitrogens with one attached hydrogen (secondary N) is 1. The highest BCUT2D eigenvalue weighted by Crippen LogP contribution is 2.40. The molecule has 1 aromatic carbocycles. The summed E-state index contributed by atoms with van der Waals surface area (Å²) in [6.45, 7) is 1.72. The molecule has 3 rings (SSSR count). The summed E-state index contributed by atoms with van der Waals surface area (Å²) in [6, 6.07) is 8.70. The van der Waals surface area contributed by atoms with Gasteiger partial charge in [-0.05, 0) is 37.5 Å². The van der Waals surface area contributed by atoms with Gasteiger partial charge in [0.05, 0.1) is 29.3 Å². The predicted molar refractivity (Wildman–Crippen MR) is 95.0 cm³/mol. The van der Waals surface area contributed by atoms with Crippen molar-refractivity contribution in [1.82, 2.24) is 5.43 Å². The Hall–Kier alpha value is -3.01. The minimum Gasteiger partial charge on any atom is -0.274 e. The predicted octanol–water partition coefficient (Wildman–Crippen LogP) is 2.12. The summed E-state index contributed by atoms with van der Waals surface area (Å²) in [7, 11) is 0. The standard InChI is InChI=1S/C19H20N4O3/c1-12(21-22-17(24)10-11-20)13-6-8-14(9-7-13)23-18(25)15-4-2-3-5-16(15)19(23)26/h6-9,15-16H,2-5,10H2,1H3,(H,22,24). The van der Waals surface area contributed by atoms with Gasteiger partial charge in [0, 0.05) is 0 Å². The van der Waals surface area contributed by atoms with E-state index in [0.717, 1.165) is 31.2 Å². The number of carbonyl (C=O) groups is 3. The molecular formula is C19H20N4O3. The Morgan fingerprint density at radius 2 is 1.77 bits per heavy atom. The van der Waals surface area contributed by atoms with Crippen molar-refractivity contribution in [3.8, 4) is 6.07 Å². The van der Waals surface area contributed by atoms with Crippen molar-refractivity contribution in [1.29, 1.82) is 5.26 Å². The van der Waals surface area contributed by atoms with Gasteiger partial charge < -0.3 is 0 Å². The average Bonchev–Trinajstić information content (AvgIpc) is 2.91. The first-order valence-corrected chi connectivity index (χ1v) is 8.71. The van der Waals surface area contributed by atoms with Crippen molar-refractivity contribution in [2.45, 2.75) is 39.0 Å². The lowest BCUT2D eigenvalue weighted by Crippen LogP contribution is -2.30. The molecule has 2 aliphatic rings. The molecule has 2 fully saturated rings. The van der Waals surface area contributed by atoms with Crippen LogP contribution in [0.15, 0.2) is 29.4 Å². The van der Waals surface area contributed by atoms with Crippen molar-refractivity contribution >= 4 is 29.1 Å². The van der Waals surface area contributed by atoms with Crippen LogP contribution in [0.1, 0.15) is 44.6 Å². The van der Waals surface area contributed by atoms with E-state index in [1.165, 1.54) is 4.90 Å². The van der Waals surface area contributed by atoms with E-state index in [-0.39, 0.29) is 30.1 Å². The Morgan fingerprint density at radius 3 is 2.31 bits per heavy atom. The molecule has 0 aromatic heterocycles. The zero-order chi connectivity index (χ0) is 18.7. The van der Waals surface area contributed by atoms with Gasteiger partial charge >= 0.3 is 0 Å². The monoisotopic (exact) mass is 352 g/mol. The number of fused-ring (bicyclic) bond motifs is 1. The number of hydrogen-bond acceptors (Lipinski definition) is 5. The number of nitrogens with zero attached hydrogens (tertiary/aromatic N) is 3. The van der Waals surface area contributed by atoms with Crippen LogP contribution >= 0.6 is 0 Å². The van der Waals surface area contributed by atoms with Crippen molar-refractivity contribution in [3.63, 3.8) is 0 Å². The fourth-order valence-corrected chi connectivity index (χ4v) is 3.59. The fourth-order valence-electron chi connectivity index (χ4n) is 3.59. The molecule has 0 spiro atoms. The minimum absolute atomic E-state index is 0.0957. The van der Waals surface area contributed by atoms with Gasteiger partial charge in [0.2, 0.25) is 11.8 Å². The van der Waals surface area contributed by atoms with Gasteiger partial charge in [-0.25, -0.2) is 5.43 Å². The van der Waals surface area contributed by atoms with E-state index < -0.39 is 5.91 Å². The van der Waals surface area contributed by atoms with Gasteiger partial charge in [0.1, 0.15) is 6.42 Å². The third-order valence-corrected chi connectivity index (χ3v) is 4.97. The highest BCUT2D eigenvalue weighted by Gasteiger charge is 2.48. The SMILES string of the molecule is CC(=NNC(=O)CC#N)c1ccc(N2C(=O)C3CCCCC3C2=O)cc1. The molecule has 3 amide bonds. The third kappa shape index (κ3) is 3.36. The number of rotatable bonds is 4. The van der Waals surface area contributed by atoms with E-state index in [9.17, 15) is 14.4 Å². The topological polar surface area (TPSA) is 103 Å². The molecule has 1 aliphatic carbocycles. The van der Waals surface area contributed by atoms with E-state index in [1.54, 1.807) is 37.3 Å². The summed E-state index contributed by atoms with van der Waals surface area (Å²) >= 11 is 0. The van der Waals surface area contributed by atoms with Crippen LogP contribution in [-0.4, -0.2) is 23.4 Å². The normalized spacial score (nSPS) is 22.8. The minimum atomic E-state index is -0.473. The molecule has 1 saturated heterocycles. The summed E-state index contributed by atoms with van der Waals surface area (Å²) in [5.41, 5.74) is 4.19. The maximum Gasteiger partial charge on any atom is 0.254 e. The van der Waals surface area contributed by atoms with Crippen LogP contribution in [-0.2, 0) is 14.4 Å². The average molecular weight is 352 g/mol. The molecule has 26 heavy (non-hydrogen) atoms. The van der Waals surface area contributed by atoms with Crippen LogP contribution in [0.3, 0.4) is 0 Å². The lowest BCUT2D eigenvalue weighted by molar-refractivity contribution is -0.123. The van der Waals surface area contributed by atoms with E-state index >= 15 is 0 Å². The van der Waals surface area contributed by atoms with Crippen LogP contribution < -0.4 is 10.3 Å². The van der Waals surface area contributed by atoms with Gasteiger partial charge in [0.15, 0.2) is 0 Å². The zero-order valence-corrected chi connectivity index (χ0v) is 14.6. The number of carbonyl (C=O) groups excluding carboxylic acids is 3. The number of imide groups is 1. The maximum absolute atomic E-state index is 12.6. The van der Waals surface area contributed by atoms with Gasteiger partial charge in [-0.15, -0.1) is 0 Å².